The summed E-state index contributed by atoms with van der Waals surface area (Å²) in [6.45, 7) is 5.04. The fraction of sp³-hybridized carbons (Fsp3) is 0.636. The van der Waals surface area contributed by atoms with Gasteiger partial charge in [0, 0.05) is 25.5 Å². The van der Waals surface area contributed by atoms with Gasteiger partial charge in [-0.25, -0.2) is 9.97 Å². The van der Waals surface area contributed by atoms with Crippen molar-refractivity contribution in [1.82, 2.24) is 9.97 Å². The van der Waals surface area contributed by atoms with Crippen molar-refractivity contribution in [2.75, 3.05) is 31.8 Å². The summed E-state index contributed by atoms with van der Waals surface area (Å²) >= 11 is 1.71. The molecule has 0 bridgehead atoms. The molecule has 16 heavy (non-hydrogen) atoms. The summed E-state index contributed by atoms with van der Waals surface area (Å²) in [7, 11) is 3.60. The molecular weight excluding hydrogens is 222 g/mol. The van der Waals surface area contributed by atoms with Crippen molar-refractivity contribution in [3.63, 3.8) is 0 Å². The van der Waals surface area contributed by atoms with Crippen LogP contribution in [0.4, 0.5) is 5.82 Å². The van der Waals surface area contributed by atoms with E-state index in [2.05, 4.69) is 29.1 Å². The summed E-state index contributed by atoms with van der Waals surface area (Å²) in [5.74, 6) is 2.25. The average molecular weight is 241 g/mol. The number of thioether (sulfide) groups is 1. The fourth-order valence-corrected chi connectivity index (χ4v) is 2.49. The van der Waals surface area contributed by atoms with Gasteiger partial charge >= 0.3 is 0 Å². The topological polar surface area (TPSA) is 47.0 Å². The molecule has 5 heteroatoms. The lowest BCUT2D eigenvalue weighted by atomic mass is 10.1. The van der Waals surface area contributed by atoms with Gasteiger partial charge in [0.05, 0.1) is 6.61 Å². The van der Waals surface area contributed by atoms with E-state index in [0.29, 0.717) is 5.92 Å². The number of aromatic nitrogens is 2. The highest BCUT2D eigenvalue weighted by Gasteiger charge is 2.14. The van der Waals surface area contributed by atoms with Gasteiger partial charge in [-0.2, -0.15) is 0 Å². The molecule has 1 heterocycles. The van der Waals surface area contributed by atoms with Gasteiger partial charge in [0.2, 0.25) is 0 Å². The second-order valence-electron chi connectivity index (χ2n) is 3.69. The predicted octanol–water partition coefficient (Wildman–Crippen LogP) is 2.38. The van der Waals surface area contributed by atoms with Crippen LogP contribution in [0.15, 0.2) is 11.4 Å². The lowest BCUT2D eigenvalue weighted by molar-refractivity contribution is 0.218. The Bertz CT molecular complexity index is 331. The Morgan fingerprint density at radius 2 is 2.19 bits per heavy atom. The van der Waals surface area contributed by atoms with E-state index in [4.69, 9.17) is 4.74 Å². The third-order valence-electron chi connectivity index (χ3n) is 2.19. The SMILES string of the molecule is CNc1ncnc(SCCOC)c1C(C)C. The summed E-state index contributed by atoms with van der Waals surface area (Å²) in [5, 5.41) is 4.16. The Labute approximate surface area is 101 Å². The molecule has 0 saturated heterocycles. The summed E-state index contributed by atoms with van der Waals surface area (Å²) < 4.78 is 5.04. The zero-order chi connectivity index (χ0) is 12.0. The van der Waals surface area contributed by atoms with E-state index in [1.165, 1.54) is 5.56 Å². The van der Waals surface area contributed by atoms with Crippen LogP contribution in [-0.4, -0.2) is 36.5 Å². The summed E-state index contributed by atoms with van der Waals surface area (Å²) in [6.07, 6.45) is 1.60. The molecule has 0 fully saturated rings. The van der Waals surface area contributed by atoms with Crippen molar-refractivity contribution in [3.05, 3.63) is 11.9 Å². The molecule has 0 saturated carbocycles. The van der Waals surface area contributed by atoms with Gasteiger partial charge in [0.1, 0.15) is 17.2 Å². The highest BCUT2D eigenvalue weighted by molar-refractivity contribution is 7.99. The largest absolute Gasteiger partial charge is 0.384 e. The molecule has 0 spiro atoms. The number of nitrogens with one attached hydrogen (secondary N) is 1. The maximum atomic E-state index is 5.04. The summed E-state index contributed by atoms with van der Waals surface area (Å²) in [6, 6.07) is 0. The molecule has 0 aliphatic rings. The van der Waals surface area contributed by atoms with E-state index in [1.807, 2.05) is 7.05 Å². The number of rotatable bonds is 6. The van der Waals surface area contributed by atoms with Gasteiger partial charge < -0.3 is 10.1 Å². The van der Waals surface area contributed by atoms with Crippen LogP contribution in [0, 0.1) is 0 Å². The number of anilines is 1. The van der Waals surface area contributed by atoms with E-state index in [-0.39, 0.29) is 0 Å². The van der Waals surface area contributed by atoms with E-state index in [0.717, 1.165) is 23.2 Å². The standard InChI is InChI=1S/C11H19N3OS/c1-8(2)9-10(12-3)13-7-14-11(9)16-6-5-15-4/h7-8H,5-6H2,1-4H3,(H,12,13,14). The Kier molecular flexibility index (Phi) is 5.55. The summed E-state index contributed by atoms with van der Waals surface area (Å²) in [5.41, 5.74) is 1.19. The number of hydrogen-bond donors (Lipinski definition) is 1. The second kappa shape index (κ2) is 6.70. The first-order valence-corrected chi connectivity index (χ1v) is 6.33. The predicted molar refractivity (Wildman–Crippen MR) is 68.3 cm³/mol. The van der Waals surface area contributed by atoms with Crippen molar-refractivity contribution < 1.29 is 4.74 Å². The van der Waals surface area contributed by atoms with Crippen LogP contribution in [0.1, 0.15) is 25.3 Å². The first-order valence-electron chi connectivity index (χ1n) is 5.35. The van der Waals surface area contributed by atoms with Crippen LogP contribution in [0.5, 0.6) is 0 Å². The number of methoxy groups -OCH3 is 1. The number of ether oxygens (including phenoxy) is 1. The molecule has 1 N–H and O–H groups in total. The third kappa shape index (κ3) is 3.35. The third-order valence-corrected chi connectivity index (χ3v) is 3.16. The van der Waals surface area contributed by atoms with Gasteiger partial charge in [-0.1, -0.05) is 13.8 Å². The molecule has 1 aromatic rings. The van der Waals surface area contributed by atoms with Crippen LogP contribution in [-0.2, 0) is 4.74 Å². The molecule has 1 aromatic heterocycles. The van der Waals surface area contributed by atoms with E-state index in [1.54, 1.807) is 25.2 Å². The van der Waals surface area contributed by atoms with Gasteiger partial charge in [-0.3, -0.25) is 0 Å². The van der Waals surface area contributed by atoms with E-state index in [9.17, 15) is 0 Å². The maximum absolute atomic E-state index is 5.04. The number of nitrogens with zero attached hydrogens (tertiary/aromatic N) is 2. The lowest BCUT2D eigenvalue weighted by Crippen LogP contribution is -2.05. The van der Waals surface area contributed by atoms with Crippen molar-refractivity contribution in [1.29, 1.82) is 0 Å². The molecule has 0 amide bonds. The molecule has 90 valence electrons. The highest BCUT2D eigenvalue weighted by atomic mass is 32.2. The molecular formula is C11H19N3OS. The summed E-state index contributed by atoms with van der Waals surface area (Å²) in [4.78, 5) is 8.58. The van der Waals surface area contributed by atoms with Crippen LogP contribution >= 0.6 is 11.8 Å². The Hall–Kier alpha value is -0.810. The second-order valence-corrected chi connectivity index (χ2v) is 4.77. The zero-order valence-electron chi connectivity index (χ0n) is 10.3. The minimum atomic E-state index is 0.411. The molecule has 0 aliphatic heterocycles. The van der Waals surface area contributed by atoms with Crippen molar-refractivity contribution in [3.8, 4) is 0 Å². The van der Waals surface area contributed by atoms with E-state index >= 15 is 0 Å². The normalized spacial score (nSPS) is 10.8. The van der Waals surface area contributed by atoms with E-state index < -0.39 is 0 Å². The first kappa shape index (κ1) is 13.3. The Balaban J connectivity index is 2.89. The smallest absolute Gasteiger partial charge is 0.133 e. The average Bonchev–Trinajstić information content (AvgIpc) is 2.28. The number of hydrogen-bond acceptors (Lipinski definition) is 5. The molecule has 1 rings (SSSR count). The molecule has 0 aromatic carbocycles. The van der Waals surface area contributed by atoms with Gasteiger partial charge in [-0.15, -0.1) is 11.8 Å². The molecule has 4 nitrogen and oxygen atoms in total. The molecule has 0 atom stereocenters. The fourth-order valence-electron chi connectivity index (χ4n) is 1.44. The van der Waals surface area contributed by atoms with Crippen LogP contribution in [0.3, 0.4) is 0 Å². The monoisotopic (exact) mass is 241 g/mol. The molecule has 0 aliphatic carbocycles. The molecule has 0 radical (unpaired) electrons. The Morgan fingerprint density at radius 1 is 1.44 bits per heavy atom. The maximum Gasteiger partial charge on any atom is 0.133 e. The molecule has 0 unspecified atom stereocenters. The van der Waals surface area contributed by atoms with Crippen molar-refractivity contribution in [2.24, 2.45) is 0 Å². The van der Waals surface area contributed by atoms with Gasteiger partial charge in [0.15, 0.2) is 0 Å². The highest BCUT2D eigenvalue weighted by Crippen LogP contribution is 2.30. The minimum Gasteiger partial charge on any atom is -0.384 e. The Morgan fingerprint density at radius 3 is 2.75 bits per heavy atom. The zero-order valence-corrected chi connectivity index (χ0v) is 11.1. The van der Waals surface area contributed by atoms with Gasteiger partial charge in [0.25, 0.3) is 0 Å². The lowest BCUT2D eigenvalue weighted by Gasteiger charge is -2.14. The van der Waals surface area contributed by atoms with Crippen LogP contribution < -0.4 is 5.32 Å². The van der Waals surface area contributed by atoms with Crippen molar-refractivity contribution in [2.45, 2.75) is 24.8 Å². The minimum absolute atomic E-state index is 0.411. The first-order chi connectivity index (χ1) is 7.70. The van der Waals surface area contributed by atoms with Crippen LogP contribution in [0.2, 0.25) is 0 Å². The quantitative estimate of drug-likeness (QED) is 0.471. The van der Waals surface area contributed by atoms with Crippen molar-refractivity contribution >= 4 is 17.6 Å². The van der Waals surface area contributed by atoms with Crippen LogP contribution in [0.25, 0.3) is 0 Å². The van der Waals surface area contributed by atoms with Gasteiger partial charge in [-0.05, 0) is 5.92 Å².